The highest BCUT2D eigenvalue weighted by Gasteiger charge is 2.07. The number of nitriles is 1. The predicted molar refractivity (Wildman–Crippen MR) is 64.5 cm³/mol. The number of rotatable bonds is 7. The molecule has 0 aliphatic heterocycles. The van der Waals surface area contributed by atoms with Crippen molar-refractivity contribution in [3.8, 4) is 6.07 Å². The van der Waals surface area contributed by atoms with Crippen molar-refractivity contribution < 1.29 is 4.79 Å². The first-order valence-electron chi connectivity index (χ1n) is 5.80. The van der Waals surface area contributed by atoms with Gasteiger partial charge in [-0.3, -0.25) is 4.79 Å². The number of hydrogen-bond acceptors (Lipinski definition) is 3. The van der Waals surface area contributed by atoms with E-state index >= 15 is 0 Å². The zero-order valence-electron chi connectivity index (χ0n) is 10.3. The van der Waals surface area contributed by atoms with Crippen LogP contribution in [0.3, 0.4) is 0 Å². The van der Waals surface area contributed by atoms with E-state index in [1.54, 1.807) is 0 Å². The van der Waals surface area contributed by atoms with Crippen LogP contribution in [0.5, 0.6) is 0 Å². The van der Waals surface area contributed by atoms with Crippen molar-refractivity contribution in [2.75, 3.05) is 6.54 Å². The molecule has 0 fully saturated rings. The summed E-state index contributed by atoms with van der Waals surface area (Å²) in [5, 5.41) is 14.5. The maximum atomic E-state index is 11.5. The molecule has 4 nitrogen and oxygen atoms in total. The van der Waals surface area contributed by atoms with Gasteiger partial charge >= 0.3 is 0 Å². The van der Waals surface area contributed by atoms with Crippen molar-refractivity contribution in [2.45, 2.75) is 46.1 Å². The molecule has 0 saturated heterocycles. The van der Waals surface area contributed by atoms with Crippen molar-refractivity contribution >= 4 is 5.91 Å². The quantitative estimate of drug-likeness (QED) is 0.392. The molecule has 0 heterocycles. The maximum Gasteiger partial charge on any atom is 0.263 e. The van der Waals surface area contributed by atoms with Gasteiger partial charge in [-0.05, 0) is 19.8 Å². The second-order valence-corrected chi connectivity index (χ2v) is 3.76. The lowest BCUT2D eigenvalue weighted by atomic mass is 10.2. The third kappa shape index (κ3) is 6.07. The van der Waals surface area contributed by atoms with Gasteiger partial charge in [-0.1, -0.05) is 20.3 Å². The van der Waals surface area contributed by atoms with Crippen LogP contribution in [0.4, 0.5) is 0 Å². The fraction of sp³-hybridized carbons (Fsp3) is 0.667. The molecular formula is C12H21N3O. The lowest BCUT2D eigenvalue weighted by Gasteiger charge is -2.08. The first-order valence-corrected chi connectivity index (χ1v) is 5.80. The Labute approximate surface area is 97.7 Å². The number of unbranched alkanes of at least 4 members (excludes halogenated alkanes) is 1. The minimum atomic E-state index is -0.299. The molecule has 16 heavy (non-hydrogen) atoms. The number of hydrogen-bond donors (Lipinski definition) is 2. The smallest absolute Gasteiger partial charge is 0.263 e. The zero-order valence-corrected chi connectivity index (χ0v) is 10.3. The summed E-state index contributed by atoms with van der Waals surface area (Å²) < 4.78 is 0. The Morgan fingerprint density at radius 1 is 1.50 bits per heavy atom. The molecule has 1 unspecified atom stereocenters. The Balaban J connectivity index is 4.16. The van der Waals surface area contributed by atoms with Crippen molar-refractivity contribution in [1.82, 2.24) is 10.6 Å². The molecule has 0 radical (unpaired) electrons. The SMILES string of the molecule is CCCCNC(=O)/C(C#N)=C\NC(C)CC. The highest BCUT2D eigenvalue weighted by atomic mass is 16.1. The van der Waals surface area contributed by atoms with E-state index in [1.165, 1.54) is 6.20 Å². The van der Waals surface area contributed by atoms with Crippen LogP contribution in [-0.4, -0.2) is 18.5 Å². The molecule has 4 heteroatoms. The third-order valence-corrected chi connectivity index (χ3v) is 2.31. The van der Waals surface area contributed by atoms with Gasteiger partial charge in [0.2, 0.25) is 0 Å². The molecule has 0 aromatic heterocycles. The number of nitrogens with one attached hydrogen (secondary N) is 2. The van der Waals surface area contributed by atoms with Crippen LogP contribution in [0.25, 0.3) is 0 Å². The molecule has 0 rings (SSSR count). The molecule has 2 N–H and O–H groups in total. The van der Waals surface area contributed by atoms with E-state index in [-0.39, 0.29) is 17.5 Å². The van der Waals surface area contributed by atoms with Gasteiger partial charge in [0.1, 0.15) is 11.6 Å². The summed E-state index contributed by atoms with van der Waals surface area (Å²) in [5.41, 5.74) is 0.136. The molecule has 90 valence electrons. The average molecular weight is 223 g/mol. The van der Waals surface area contributed by atoms with Crippen molar-refractivity contribution in [3.05, 3.63) is 11.8 Å². The second-order valence-electron chi connectivity index (χ2n) is 3.76. The largest absolute Gasteiger partial charge is 0.387 e. The van der Waals surface area contributed by atoms with Crippen LogP contribution in [0.2, 0.25) is 0 Å². The van der Waals surface area contributed by atoms with Gasteiger partial charge in [-0.25, -0.2) is 0 Å². The molecular weight excluding hydrogens is 202 g/mol. The van der Waals surface area contributed by atoms with Crippen LogP contribution in [0.1, 0.15) is 40.0 Å². The Bertz CT molecular complexity index is 278. The minimum Gasteiger partial charge on any atom is -0.387 e. The number of amides is 1. The number of nitrogens with zero attached hydrogens (tertiary/aromatic N) is 1. The number of carbonyl (C=O) groups is 1. The Hall–Kier alpha value is -1.50. The monoisotopic (exact) mass is 223 g/mol. The van der Waals surface area contributed by atoms with Gasteiger partial charge in [0.25, 0.3) is 5.91 Å². The molecule has 0 spiro atoms. The van der Waals surface area contributed by atoms with Crippen LogP contribution >= 0.6 is 0 Å². The standard InChI is InChI=1S/C12H21N3O/c1-4-6-7-14-12(16)11(8-13)9-15-10(3)5-2/h9-10,15H,4-7H2,1-3H3,(H,14,16)/b11-9-. The van der Waals surface area contributed by atoms with E-state index in [1.807, 2.05) is 19.9 Å². The van der Waals surface area contributed by atoms with Gasteiger partial charge in [0.15, 0.2) is 0 Å². The van der Waals surface area contributed by atoms with Gasteiger partial charge < -0.3 is 10.6 Å². The Kier molecular flexibility index (Phi) is 7.96. The average Bonchev–Trinajstić information content (AvgIpc) is 2.29. The Morgan fingerprint density at radius 3 is 2.69 bits per heavy atom. The zero-order chi connectivity index (χ0) is 12.4. The summed E-state index contributed by atoms with van der Waals surface area (Å²) in [6, 6.07) is 2.16. The van der Waals surface area contributed by atoms with E-state index < -0.39 is 0 Å². The lowest BCUT2D eigenvalue weighted by Crippen LogP contribution is -2.28. The van der Waals surface area contributed by atoms with Crippen molar-refractivity contribution in [3.63, 3.8) is 0 Å². The summed E-state index contributed by atoms with van der Waals surface area (Å²) in [5.74, 6) is -0.299. The van der Waals surface area contributed by atoms with Crippen LogP contribution in [0.15, 0.2) is 11.8 Å². The minimum absolute atomic E-state index is 0.136. The summed E-state index contributed by atoms with van der Waals surface area (Å²) in [6.07, 6.45) is 4.41. The molecule has 1 atom stereocenters. The van der Waals surface area contributed by atoms with Gasteiger partial charge in [0.05, 0.1) is 0 Å². The fourth-order valence-corrected chi connectivity index (χ4v) is 0.966. The summed E-state index contributed by atoms with van der Waals surface area (Å²) >= 11 is 0. The first-order chi connectivity index (χ1) is 7.65. The lowest BCUT2D eigenvalue weighted by molar-refractivity contribution is -0.117. The van der Waals surface area contributed by atoms with E-state index in [0.717, 1.165) is 19.3 Å². The molecule has 0 aliphatic carbocycles. The second kappa shape index (κ2) is 8.78. The van der Waals surface area contributed by atoms with Crippen LogP contribution < -0.4 is 10.6 Å². The van der Waals surface area contributed by atoms with Crippen LogP contribution in [-0.2, 0) is 4.79 Å². The highest BCUT2D eigenvalue weighted by Crippen LogP contribution is 1.94. The van der Waals surface area contributed by atoms with Crippen molar-refractivity contribution in [1.29, 1.82) is 5.26 Å². The molecule has 0 saturated carbocycles. The topological polar surface area (TPSA) is 64.9 Å². The van der Waals surface area contributed by atoms with Crippen LogP contribution in [0, 0.1) is 11.3 Å². The van der Waals surface area contributed by atoms with Gasteiger partial charge in [-0.2, -0.15) is 5.26 Å². The first kappa shape index (κ1) is 14.5. The number of carbonyl (C=O) groups excluding carboxylic acids is 1. The van der Waals surface area contributed by atoms with Gasteiger partial charge in [-0.15, -0.1) is 0 Å². The van der Waals surface area contributed by atoms with E-state index in [4.69, 9.17) is 5.26 Å². The summed E-state index contributed by atoms with van der Waals surface area (Å²) in [4.78, 5) is 11.5. The summed E-state index contributed by atoms with van der Waals surface area (Å²) in [6.45, 7) is 6.72. The molecule has 1 amide bonds. The van der Waals surface area contributed by atoms with E-state index in [9.17, 15) is 4.79 Å². The van der Waals surface area contributed by atoms with E-state index in [0.29, 0.717) is 6.54 Å². The highest BCUT2D eigenvalue weighted by molar-refractivity contribution is 5.97. The van der Waals surface area contributed by atoms with Gasteiger partial charge in [0, 0.05) is 18.8 Å². The maximum absolute atomic E-state index is 11.5. The van der Waals surface area contributed by atoms with Crippen molar-refractivity contribution in [2.24, 2.45) is 0 Å². The fourth-order valence-electron chi connectivity index (χ4n) is 0.966. The molecule has 0 aromatic rings. The normalized spacial score (nSPS) is 12.8. The Morgan fingerprint density at radius 2 is 2.19 bits per heavy atom. The third-order valence-electron chi connectivity index (χ3n) is 2.31. The molecule has 0 bridgehead atoms. The molecule has 0 aromatic carbocycles. The predicted octanol–water partition coefficient (Wildman–Crippen LogP) is 1.70. The molecule has 0 aliphatic rings. The summed E-state index contributed by atoms with van der Waals surface area (Å²) in [7, 11) is 0. The van der Waals surface area contributed by atoms with E-state index in [2.05, 4.69) is 17.6 Å².